The van der Waals surface area contributed by atoms with Crippen LogP contribution < -0.4 is 5.32 Å². The van der Waals surface area contributed by atoms with Gasteiger partial charge in [-0.25, -0.2) is 4.68 Å². The molecule has 0 atom stereocenters. The van der Waals surface area contributed by atoms with Crippen LogP contribution in [-0.2, 0) is 4.74 Å². The zero-order valence-corrected chi connectivity index (χ0v) is 16.8. The minimum absolute atomic E-state index is 0.106. The molecule has 1 fully saturated rings. The van der Waals surface area contributed by atoms with Gasteiger partial charge in [0, 0.05) is 31.5 Å². The highest BCUT2D eigenvalue weighted by Gasteiger charge is 2.21. The molecule has 0 aliphatic heterocycles. The fraction of sp³-hybridized carbons (Fsp3) is 0.333. The van der Waals surface area contributed by atoms with E-state index in [-0.39, 0.29) is 5.91 Å². The van der Waals surface area contributed by atoms with Crippen LogP contribution in [0.1, 0.15) is 35.2 Å². The molecule has 0 spiro atoms. The second-order valence-corrected chi connectivity index (χ2v) is 7.67. The molecule has 1 N–H and O–H groups in total. The first kappa shape index (κ1) is 19.4. The van der Waals surface area contributed by atoms with E-state index in [1.54, 1.807) is 4.68 Å². The number of rotatable bonds is 9. The molecule has 0 radical (unpaired) electrons. The highest BCUT2D eigenvalue weighted by Crippen LogP contribution is 2.28. The molecule has 0 saturated heterocycles. The quantitative estimate of drug-likeness (QED) is 0.552. The molecule has 1 amide bonds. The van der Waals surface area contributed by atoms with Crippen molar-refractivity contribution >= 4 is 5.91 Å². The van der Waals surface area contributed by atoms with Gasteiger partial charge in [-0.05, 0) is 50.3 Å². The summed E-state index contributed by atoms with van der Waals surface area (Å²) < 4.78 is 7.41. The largest absolute Gasteiger partial charge is 0.381 e. The number of aromatic nitrogens is 2. The second-order valence-electron chi connectivity index (χ2n) is 7.67. The molecular formula is C24H27N3O2. The van der Waals surface area contributed by atoms with Gasteiger partial charge in [0.15, 0.2) is 0 Å². The summed E-state index contributed by atoms with van der Waals surface area (Å²) in [6, 6.07) is 17.9. The third-order valence-electron chi connectivity index (χ3n) is 5.07. The van der Waals surface area contributed by atoms with Crippen molar-refractivity contribution in [1.29, 1.82) is 0 Å². The fourth-order valence-electron chi connectivity index (χ4n) is 3.26. The van der Waals surface area contributed by atoms with E-state index in [9.17, 15) is 4.79 Å². The molecular weight excluding hydrogens is 362 g/mol. The maximum absolute atomic E-state index is 12.9. The van der Waals surface area contributed by atoms with Gasteiger partial charge in [0.2, 0.25) is 0 Å². The summed E-state index contributed by atoms with van der Waals surface area (Å²) in [5.41, 5.74) is 4.28. The van der Waals surface area contributed by atoms with Gasteiger partial charge in [-0.15, -0.1) is 0 Å². The van der Waals surface area contributed by atoms with Crippen LogP contribution in [0.3, 0.4) is 0 Å². The molecule has 1 heterocycles. The van der Waals surface area contributed by atoms with Gasteiger partial charge in [-0.3, -0.25) is 4.79 Å². The Morgan fingerprint density at radius 2 is 2.00 bits per heavy atom. The summed E-state index contributed by atoms with van der Waals surface area (Å²) in [4.78, 5) is 12.9. The summed E-state index contributed by atoms with van der Waals surface area (Å²) in [6.07, 6.45) is 5.21. The van der Waals surface area contributed by atoms with Crippen LogP contribution in [0.25, 0.3) is 16.9 Å². The highest BCUT2D eigenvalue weighted by molar-refractivity contribution is 6.00. The van der Waals surface area contributed by atoms with E-state index in [0.717, 1.165) is 35.8 Å². The third kappa shape index (κ3) is 5.12. The standard InChI is InChI=1S/C24H27N3O2/c1-18-7-5-8-20(15-18)23-22(16-27(26-23)21-9-3-2-4-10-21)24(28)25-13-6-14-29-17-19-11-12-19/h2-5,7-10,15-16,19H,6,11-14,17H2,1H3,(H,25,28). The van der Waals surface area contributed by atoms with E-state index in [2.05, 4.69) is 11.4 Å². The number of nitrogens with one attached hydrogen (secondary N) is 1. The Bertz CT molecular complexity index is 961. The average molecular weight is 389 g/mol. The van der Waals surface area contributed by atoms with E-state index < -0.39 is 0 Å². The lowest BCUT2D eigenvalue weighted by Gasteiger charge is -2.06. The Labute approximate surface area is 171 Å². The van der Waals surface area contributed by atoms with E-state index in [1.807, 2.05) is 61.7 Å². The first-order chi connectivity index (χ1) is 14.2. The van der Waals surface area contributed by atoms with E-state index >= 15 is 0 Å². The first-order valence-corrected chi connectivity index (χ1v) is 10.3. The predicted molar refractivity (Wildman–Crippen MR) is 114 cm³/mol. The van der Waals surface area contributed by atoms with E-state index in [0.29, 0.717) is 24.4 Å². The molecule has 29 heavy (non-hydrogen) atoms. The van der Waals surface area contributed by atoms with Crippen molar-refractivity contribution in [3.63, 3.8) is 0 Å². The average Bonchev–Trinajstić information content (AvgIpc) is 3.46. The van der Waals surface area contributed by atoms with Crippen molar-refractivity contribution in [1.82, 2.24) is 15.1 Å². The van der Waals surface area contributed by atoms with Crippen molar-refractivity contribution in [2.75, 3.05) is 19.8 Å². The van der Waals surface area contributed by atoms with Gasteiger partial charge in [0.1, 0.15) is 5.69 Å². The molecule has 5 heteroatoms. The van der Waals surface area contributed by atoms with Crippen molar-refractivity contribution in [3.8, 4) is 16.9 Å². The minimum Gasteiger partial charge on any atom is -0.381 e. The number of nitrogens with zero attached hydrogens (tertiary/aromatic N) is 2. The number of carbonyl (C=O) groups excluding carboxylic acids is 1. The Hall–Kier alpha value is -2.92. The zero-order valence-electron chi connectivity index (χ0n) is 16.8. The van der Waals surface area contributed by atoms with Crippen LogP contribution in [0.15, 0.2) is 60.8 Å². The Morgan fingerprint density at radius 3 is 2.76 bits per heavy atom. The predicted octanol–water partition coefficient (Wildman–Crippen LogP) is 4.39. The number of benzene rings is 2. The third-order valence-corrected chi connectivity index (χ3v) is 5.07. The van der Waals surface area contributed by atoms with Crippen LogP contribution in [0.5, 0.6) is 0 Å². The lowest BCUT2D eigenvalue weighted by Crippen LogP contribution is -2.25. The van der Waals surface area contributed by atoms with Crippen LogP contribution in [-0.4, -0.2) is 35.4 Å². The topological polar surface area (TPSA) is 56.2 Å². The maximum Gasteiger partial charge on any atom is 0.255 e. The molecule has 0 unspecified atom stereocenters. The summed E-state index contributed by atoms with van der Waals surface area (Å²) >= 11 is 0. The van der Waals surface area contributed by atoms with Crippen molar-refractivity contribution < 1.29 is 9.53 Å². The molecule has 2 aromatic carbocycles. The number of hydrogen-bond acceptors (Lipinski definition) is 3. The molecule has 4 rings (SSSR count). The van der Waals surface area contributed by atoms with Crippen molar-refractivity contribution in [2.45, 2.75) is 26.2 Å². The van der Waals surface area contributed by atoms with Gasteiger partial charge in [-0.2, -0.15) is 5.10 Å². The summed E-state index contributed by atoms with van der Waals surface area (Å²) in [5, 5.41) is 7.75. The number of amides is 1. The van der Waals surface area contributed by atoms with Crippen LogP contribution in [0.2, 0.25) is 0 Å². The molecule has 150 valence electrons. The number of aryl methyl sites for hydroxylation is 1. The summed E-state index contributed by atoms with van der Waals surface area (Å²) in [6.45, 7) is 4.17. The molecule has 5 nitrogen and oxygen atoms in total. The monoisotopic (exact) mass is 389 g/mol. The van der Waals surface area contributed by atoms with Crippen LogP contribution in [0.4, 0.5) is 0 Å². The maximum atomic E-state index is 12.9. The van der Waals surface area contributed by atoms with Gasteiger partial charge in [0.25, 0.3) is 5.91 Å². The van der Waals surface area contributed by atoms with Gasteiger partial charge >= 0.3 is 0 Å². The number of hydrogen-bond donors (Lipinski definition) is 1. The molecule has 1 saturated carbocycles. The van der Waals surface area contributed by atoms with E-state index in [1.165, 1.54) is 12.8 Å². The van der Waals surface area contributed by atoms with E-state index in [4.69, 9.17) is 9.84 Å². The Balaban J connectivity index is 1.49. The fourth-order valence-corrected chi connectivity index (χ4v) is 3.26. The van der Waals surface area contributed by atoms with Crippen LogP contribution in [0, 0.1) is 12.8 Å². The summed E-state index contributed by atoms with van der Waals surface area (Å²) in [5.74, 6) is 0.663. The molecule has 0 bridgehead atoms. The van der Waals surface area contributed by atoms with Gasteiger partial charge < -0.3 is 10.1 Å². The number of carbonyl (C=O) groups is 1. The van der Waals surface area contributed by atoms with Crippen molar-refractivity contribution in [3.05, 3.63) is 71.9 Å². The number of para-hydroxylation sites is 1. The Morgan fingerprint density at radius 1 is 1.17 bits per heavy atom. The normalized spacial score (nSPS) is 13.4. The van der Waals surface area contributed by atoms with Gasteiger partial charge in [-0.1, -0.05) is 42.0 Å². The smallest absolute Gasteiger partial charge is 0.255 e. The Kier molecular flexibility index (Phi) is 6.06. The molecule has 3 aromatic rings. The minimum atomic E-state index is -0.106. The zero-order chi connectivity index (χ0) is 20.1. The number of ether oxygens (including phenoxy) is 1. The lowest BCUT2D eigenvalue weighted by atomic mass is 10.1. The molecule has 1 aliphatic rings. The molecule has 1 aliphatic carbocycles. The molecule has 1 aromatic heterocycles. The first-order valence-electron chi connectivity index (χ1n) is 10.3. The summed E-state index contributed by atoms with van der Waals surface area (Å²) in [7, 11) is 0. The van der Waals surface area contributed by atoms with Gasteiger partial charge in [0.05, 0.1) is 11.3 Å². The highest BCUT2D eigenvalue weighted by atomic mass is 16.5. The second kappa shape index (κ2) is 9.05. The lowest BCUT2D eigenvalue weighted by molar-refractivity contribution is 0.0938. The van der Waals surface area contributed by atoms with Crippen LogP contribution >= 0.6 is 0 Å². The SMILES string of the molecule is Cc1cccc(-c2nn(-c3ccccc3)cc2C(=O)NCCCOCC2CC2)c1. The van der Waals surface area contributed by atoms with Crippen molar-refractivity contribution in [2.24, 2.45) is 5.92 Å².